The van der Waals surface area contributed by atoms with Gasteiger partial charge in [-0.15, -0.1) is 13.2 Å². The van der Waals surface area contributed by atoms with Crippen LogP contribution in [-0.2, 0) is 6.54 Å². The Balaban J connectivity index is 1.60. The van der Waals surface area contributed by atoms with Crippen LogP contribution < -0.4 is 10.1 Å². The predicted molar refractivity (Wildman–Crippen MR) is 84.7 cm³/mol. The maximum Gasteiger partial charge on any atom is 0.573 e. The van der Waals surface area contributed by atoms with Gasteiger partial charge in [0.15, 0.2) is 5.82 Å². The molecule has 0 atom stereocenters. The molecule has 1 aromatic carbocycles. The van der Waals surface area contributed by atoms with Gasteiger partial charge < -0.3 is 14.6 Å². The first-order chi connectivity index (χ1) is 13.1. The number of carbonyl (C=O) groups excluding carboxylic acids is 1. The summed E-state index contributed by atoms with van der Waals surface area (Å²) in [5, 5.41) is 6.12. The molecule has 28 heavy (non-hydrogen) atoms. The fourth-order valence-corrected chi connectivity index (χ4v) is 2.92. The third-order valence-electron chi connectivity index (χ3n) is 4.32. The normalized spacial score (nSPS) is 17.3. The highest BCUT2D eigenvalue weighted by Gasteiger charge is 2.37. The Hall–Kier alpha value is -2.72. The second-order valence-electron chi connectivity index (χ2n) is 6.40. The Kier molecular flexibility index (Phi) is 5.52. The lowest BCUT2D eigenvalue weighted by molar-refractivity contribution is -0.274. The van der Waals surface area contributed by atoms with E-state index in [9.17, 15) is 26.7 Å². The summed E-state index contributed by atoms with van der Waals surface area (Å²) >= 11 is 0. The van der Waals surface area contributed by atoms with Crippen LogP contribution in [0, 0.1) is 0 Å². The number of aromatic nitrogens is 2. The quantitative estimate of drug-likeness (QED) is 0.755. The van der Waals surface area contributed by atoms with Gasteiger partial charge in [0.2, 0.25) is 11.8 Å². The number of nitrogens with one attached hydrogen (secondary N) is 1. The first-order valence-corrected chi connectivity index (χ1v) is 8.46. The van der Waals surface area contributed by atoms with Crippen LogP contribution in [0.1, 0.15) is 53.7 Å². The summed E-state index contributed by atoms with van der Waals surface area (Å²) in [6.45, 7) is -0.227. The summed E-state index contributed by atoms with van der Waals surface area (Å²) in [5.41, 5.74) is -0.311. The van der Waals surface area contributed by atoms with Crippen LogP contribution in [0.4, 0.5) is 22.0 Å². The summed E-state index contributed by atoms with van der Waals surface area (Å²) < 4.78 is 72.5. The number of halogens is 5. The lowest BCUT2D eigenvalue weighted by Crippen LogP contribution is -2.26. The lowest BCUT2D eigenvalue weighted by atomic mass is 9.86. The first-order valence-electron chi connectivity index (χ1n) is 8.46. The third kappa shape index (κ3) is 5.17. The molecule has 1 N–H and O–H groups in total. The minimum atomic E-state index is -4.94. The van der Waals surface area contributed by atoms with Crippen molar-refractivity contribution in [3.63, 3.8) is 0 Å². The van der Waals surface area contributed by atoms with Gasteiger partial charge in [-0.05, 0) is 25.0 Å². The molecule has 1 aromatic heterocycles. The smallest absolute Gasteiger partial charge is 0.405 e. The minimum Gasteiger partial charge on any atom is -0.405 e. The molecular formula is C17H16F5N3O3. The van der Waals surface area contributed by atoms with Crippen molar-refractivity contribution in [1.29, 1.82) is 0 Å². The van der Waals surface area contributed by atoms with Gasteiger partial charge in [0.25, 0.3) is 5.91 Å². The van der Waals surface area contributed by atoms with Crippen molar-refractivity contribution in [2.45, 2.75) is 50.4 Å². The van der Waals surface area contributed by atoms with Gasteiger partial charge in [0.1, 0.15) is 5.75 Å². The summed E-state index contributed by atoms with van der Waals surface area (Å²) in [5.74, 6) is -4.09. The number of ether oxygens (including phenoxy) is 1. The molecule has 0 bridgehead atoms. The predicted octanol–water partition coefficient (Wildman–Crippen LogP) is 4.19. The standard InChI is InChI=1S/C17H16F5N3O3/c18-16(19)7-5-10(6-8-16)14-24-13(28-25-14)9-23-15(26)11-3-1-2-4-12(11)27-17(20,21)22/h1-4,10H,5-9H2,(H,23,26). The average molecular weight is 405 g/mol. The summed E-state index contributed by atoms with van der Waals surface area (Å²) in [6, 6.07) is 4.89. The second-order valence-corrected chi connectivity index (χ2v) is 6.40. The van der Waals surface area contributed by atoms with Gasteiger partial charge >= 0.3 is 6.36 Å². The zero-order chi connectivity index (χ0) is 20.4. The van der Waals surface area contributed by atoms with Gasteiger partial charge in [-0.3, -0.25) is 4.79 Å². The largest absolute Gasteiger partial charge is 0.573 e. The van der Waals surface area contributed by atoms with E-state index in [1.807, 2.05) is 0 Å². The second kappa shape index (κ2) is 7.72. The molecule has 2 aromatic rings. The highest BCUT2D eigenvalue weighted by molar-refractivity contribution is 5.96. The van der Waals surface area contributed by atoms with Crippen LogP contribution in [0.2, 0.25) is 0 Å². The van der Waals surface area contributed by atoms with Crippen molar-refractivity contribution in [3.8, 4) is 5.75 Å². The van der Waals surface area contributed by atoms with Gasteiger partial charge in [-0.2, -0.15) is 4.98 Å². The zero-order valence-electron chi connectivity index (χ0n) is 14.4. The number of hydrogen-bond acceptors (Lipinski definition) is 5. The lowest BCUT2D eigenvalue weighted by Gasteiger charge is -2.26. The van der Waals surface area contributed by atoms with Gasteiger partial charge in [-0.25, -0.2) is 8.78 Å². The summed E-state index contributed by atoms with van der Waals surface area (Å²) in [4.78, 5) is 16.3. The Morgan fingerprint density at radius 2 is 1.93 bits per heavy atom. The number of alkyl halides is 5. The molecule has 0 spiro atoms. The van der Waals surface area contributed by atoms with Crippen LogP contribution in [0.15, 0.2) is 28.8 Å². The van der Waals surface area contributed by atoms with E-state index in [-0.39, 0.29) is 55.4 Å². The topological polar surface area (TPSA) is 77.3 Å². The molecule has 1 amide bonds. The molecule has 1 saturated carbocycles. The molecule has 11 heteroatoms. The van der Waals surface area contributed by atoms with Crippen molar-refractivity contribution in [2.75, 3.05) is 0 Å². The van der Waals surface area contributed by atoms with Crippen LogP contribution >= 0.6 is 0 Å². The fourth-order valence-electron chi connectivity index (χ4n) is 2.92. The number of rotatable bonds is 5. The van der Waals surface area contributed by atoms with E-state index >= 15 is 0 Å². The van der Waals surface area contributed by atoms with E-state index in [0.717, 1.165) is 6.07 Å². The molecule has 3 rings (SSSR count). The molecule has 0 aliphatic heterocycles. The maximum atomic E-state index is 13.2. The molecular weight excluding hydrogens is 389 g/mol. The number of carbonyl (C=O) groups is 1. The van der Waals surface area contributed by atoms with E-state index in [0.29, 0.717) is 0 Å². The van der Waals surface area contributed by atoms with Gasteiger partial charge in [0, 0.05) is 18.8 Å². The van der Waals surface area contributed by atoms with E-state index in [1.165, 1.54) is 18.2 Å². The number of nitrogens with zero attached hydrogens (tertiary/aromatic N) is 2. The molecule has 0 unspecified atom stereocenters. The number of amides is 1. The van der Waals surface area contributed by atoms with E-state index in [4.69, 9.17) is 4.52 Å². The van der Waals surface area contributed by atoms with E-state index in [2.05, 4.69) is 20.2 Å². The van der Waals surface area contributed by atoms with Crippen LogP contribution in [0.25, 0.3) is 0 Å². The Morgan fingerprint density at radius 1 is 1.25 bits per heavy atom. The van der Waals surface area contributed by atoms with Crippen molar-refractivity contribution >= 4 is 5.91 Å². The van der Waals surface area contributed by atoms with Crippen molar-refractivity contribution in [3.05, 3.63) is 41.5 Å². The van der Waals surface area contributed by atoms with E-state index in [1.54, 1.807) is 0 Å². The molecule has 1 aliphatic rings. The fraction of sp³-hybridized carbons (Fsp3) is 0.471. The summed E-state index contributed by atoms with van der Waals surface area (Å²) in [7, 11) is 0. The number of para-hydroxylation sites is 1. The molecule has 0 saturated heterocycles. The van der Waals surface area contributed by atoms with Gasteiger partial charge in [0.05, 0.1) is 12.1 Å². The third-order valence-corrected chi connectivity index (χ3v) is 4.32. The Morgan fingerprint density at radius 3 is 2.61 bits per heavy atom. The zero-order valence-corrected chi connectivity index (χ0v) is 14.4. The van der Waals surface area contributed by atoms with Crippen LogP contribution in [0.5, 0.6) is 5.75 Å². The molecule has 1 heterocycles. The molecule has 6 nitrogen and oxygen atoms in total. The highest BCUT2D eigenvalue weighted by atomic mass is 19.4. The maximum absolute atomic E-state index is 13.2. The highest BCUT2D eigenvalue weighted by Crippen LogP contribution is 2.39. The Labute approximate surface area is 156 Å². The number of benzene rings is 1. The average Bonchev–Trinajstić information content (AvgIpc) is 3.07. The van der Waals surface area contributed by atoms with E-state index < -0.39 is 23.9 Å². The van der Waals surface area contributed by atoms with Crippen LogP contribution in [-0.4, -0.2) is 28.3 Å². The van der Waals surface area contributed by atoms with Gasteiger partial charge in [-0.1, -0.05) is 17.3 Å². The monoisotopic (exact) mass is 405 g/mol. The SMILES string of the molecule is O=C(NCc1nc(C2CCC(F)(F)CC2)no1)c1ccccc1OC(F)(F)F. The minimum absolute atomic E-state index is 0.0231. The first kappa shape index (κ1) is 20.0. The number of hydrogen-bond donors (Lipinski definition) is 1. The Bertz CT molecular complexity index is 827. The summed E-state index contributed by atoms with van der Waals surface area (Å²) in [6.07, 6.45) is -5.00. The van der Waals surface area contributed by atoms with Crippen molar-refractivity contribution < 1.29 is 36.0 Å². The molecule has 0 radical (unpaired) electrons. The van der Waals surface area contributed by atoms with Crippen molar-refractivity contribution in [2.24, 2.45) is 0 Å². The molecule has 152 valence electrons. The van der Waals surface area contributed by atoms with Crippen molar-refractivity contribution in [1.82, 2.24) is 15.5 Å². The molecule has 1 fully saturated rings. The van der Waals surface area contributed by atoms with Crippen LogP contribution in [0.3, 0.4) is 0 Å². The molecule has 1 aliphatic carbocycles.